The smallest absolute Gasteiger partial charge is 0.225 e. The van der Waals surface area contributed by atoms with Crippen molar-refractivity contribution in [1.82, 2.24) is 19.7 Å². The van der Waals surface area contributed by atoms with Gasteiger partial charge >= 0.3 is 0 Å². The van der Waals surface area contributed by atoms with E-state index in [1.54, 1.807) is 11.3 Å². The number of halogens is 1. The van der Waals surface area contributed by atoms with Gasteiger partial charge in [-0.25, -0.2) is 9.97 Å². The maximum Gasteiger partial charge on any atom is 0.225 e. The highest BCUT2D eigenvalue weighted by Gasteiger charge is 2.09. The lowest BCUT2D eigenvalue weighted by Crippen LogP contribution is -2.04. The van der Waals surface area contributed by atoms with E-state index in [1.807, 2.05) is 36.3 Å². The van der Waals surface area contributed by atoms with Crippen LogP contribution in [0.4, 0.5) is 5.82 Å². The van der Waals surface area contributed by atoms with Crippen LogP contribution in [0.1, 0.15) is 11.3 Å². The summed E-state index contributed by atoms with van der Waals surface area (Å²) in [5.74, 6) is 0.763. The van der Waals surface area contributed by atoms with Crippen molar-refractivity contribution in [3.8, 4) is 0 Å². The Kier molecular flexibility index (Phi) is 3.12. The van der Waals surface area contributed by atoms with Crippen LogP contribution in [0.15, 0.2) is 17.6 Å². The SMILES string of the molecule is Cc1c(CNc2nc(Cl)nc3sccc23)cnn1C. The summed E-state index contributed by atoms with van der Waals surface area (Å²) in [6.07, 6.45) is 1.86. The highest BCUT2D eigenvalue weighted by atomic mass is 35.5. The van der Waals surface area contributed by atoms with Crippen molar-refractivity contribution in [3.05, 3.63) is 34.2 Å². The first kappa shape index (κ1) is 12.4. The lowest BCUT2D eigenvalue weighted by atomic mass is 10.2. The zero-order valence-corrected chi connectivity index (χ0v) is 12.1. The number of aromatic nitrogens is 4. The third-order valence-electron chi connectivity index (χ3n) is 3.08. The molecule has 3 rings (SSSR count). The van der Waals surface area contributed by atoms with Crippen LogP contribution in [0, 0.1) is 6.92 Å². The van der Waals surface area contributed by atoms with Crippen LogP contribution in [-0.4, -0.2) is 19.7 Å². The molecule has 0 atom stereocenters. The van der Waals surface area contributed by atoms with Gasteiger partial charge in [0.2, 0.25) is 5.28 Å². The number of nitrogens with one attached hydrogen (secondary N) is 1. The topological polar surface area (TPSA) is 55.6 Å². The van der Waals surface area contributed by atoms with Crippen LogP contribution in [-0.2, 0) is 13.6 Å². The Morgan fingerprint density at radius 3 is 3.00 bits per heavy atom. The zero-order chi connectivity index (χ0) is 13.4. The zero-order valence-electron chi connectivity index (χ0n) is 10.5. The fourth-order valence-electron chi connectivity index (χ4n) is 1.86. The van der Waals surface area contributed by atoms with Crippen molar-refractivity contribution in [2.45, 2.75) is 13.5 Å². The summed E-state index contributed by atoms with van der Waals surface area (Å²) >= 11 is 7.48. The molecule has 0 aliphatic carbocycles. The van der Waals surface area contributed by atoms with E-state index in [4.69, 9.17) is 11.6 Å². The van der Waals surface area contributed by atoms with E-state index in [2.05, 4.69) is 20.4 Å². The largest absolute Gasteiger partial charge is 0.365 e. The van der Waals surface area contributed by atoms with Gasteiger partial charge in [0.05, 0.1) is 11.6 Å². The van der Waals surface area contributed by atoms with Crippen molar-refractivity contribution in [1.29, 1.82) is 0 Å². The monoisotopic (exact) mass is 293 g/mol. The van der Waals surface area contributed by atoms with E-state index in [-0.39, 0.29) is 5.28 Å². The molecule has 98 valence electrons. The third kappa shape index (κ3) is 2.29. The standard InChI is InChI=1S/C12H12ClN5S/c1-7-8(6-15-18(7)2)5-14-10-9-3-4-19-11(9)17-12(13)16-10/h3-4,6H,5H2,1-2H3,(H,14,16,17). The summed E-state index contributed by atoms with van der Waals surface area (Å²) in [4.78, 5) is 9.33. The molecule has 5 nitrogen and oxygen atoms in total. The number of nitrogens with zero attached hydrogens (tertiary/aromatic N) is 4. The van der Waals surface area contributed by atoms with Crippen LogP contribution < -0.4 is 5.32 Å². The molecule has 0 aliphatic heterocycles. The molecule has 0 bridgehead atoms. The molecule has 0 aliphatic rings. The molecule has 0 unspecified atom stereocenters. The predicted molar refractivity (Wildman–Crippen MR) is 77.7 cm³/mol. The van der Waals surface area contributed by atoms with Crippen molar-refractivity contribution in [2.24, 2.45) is 7.05 Å². The fourth-order valence-corrected chi connectivity index (χ4v) is 2.84. The molecule has 0 saturated carbocycles. The van der Waals surface area contributed by atoms with Gasteiger partial charge in [-0.3, -0.25) is 4.68 Å². The first-order valence-electron chi connectivity index (χ1n) is 5.77. The summed E-state index contributed by atoms with van der Waals surface area (Å²) in [5.41, 5.74) is 2.27. The number of aryl methyl sites for hydroxylation is 1. The minimum atomic E-state index is 0.264. The molecule has 19 heavy (non-hydrogen) atoms. The Labute approximate surface area is 119 Å². The molecular formula is C12H12ClN5S. The van der Waals surface area contributed by atoms with Gasteiger partial charge in [-0.1, -0.05) is 0 Å². The number of anilines is 1. The van der Waals surface area contributed by atoms with Gasteiger partial charge in [0, 0.05) is 24.8 Å². The second kappa shape index (κ2) is 4.79. The molecule has 0 amide bonds. The molecule has 0 saturated heterocycles. The van der Waals surface area contributed by atoms with Crippen molar-refractivity contribution in [2.75, 3.05) is 5.32 Å². The lowest BCUT2D eigenvalue weighted by molar-refractivity contribution is 0.738. The summed E-state index contributed by atoms with van der Waals surface area (Å²) in [6, 6.07) is 1.99. The maximum atomic E-state index is 5.93. The molecule has 7 heteroatoms. The number of hydrogen-bond donors (Lipinski definition) is 1. The molecule has 0 aromatic carbocycles. The van der Waals surface area contributed by atoms with Crippen LogP contribution in [0.25, 0.3) is 10.2 Å². The van der Waals surface area contributed by atoms with Gasteiger partial charge in [-0.2, -0.15) is 5.10 Å². The summed E-state index contributed by atoms with van der Waals surface area (Å²) < 4.78 is 1.85. The molecular weight excluding hydrogens is 282 g/mol. The Balaban J connectivity index is 1.89. The Morgan fingerprint density at radius 2 is 2.26 bits per heavy atom. The van der Waals surface area contributed by atoms with Crippen LogP contribution in [0.2, 0.25) is 5.28 Å². The second-order valence-corrected chi connectivity index (χ2v) is 5.45. The predicted octanol–water partition coefficient (Wildman–Crippen LogP) is 3.00. The number of fused-ring (bicyclic) bond motifs is 1. The molecule has 3 aromatic rings. The molecule has 3 aromatic heterocycles. The lowest BCUT2D eigenvalue weighted by Gasteiger charge is -2.06. The minimum Gasteiger partial charge on any atom is -0.365 e. The summed E-state index contributed by atoms with van der Waals surface area (Å²) in [6.45, 7) is 2.70. The second-order valence-electron chi connectivity index (χ2n) is 4.21. The quantitative estimate of drug-likeness (QED) is 0.754. The van der Waals surface area contributed by atoms with E-state index in [1.165, 1.54) is 0 Å². The van der Waals surface area contributed by atoms with Gasteiger partial charge in [0.25, 0.3) is 0 Å². The Bertz CT molecular complexity index is 733. The summed E-state index contributed by atoms with van der Waals surface area (Å²) in [7, 11) is 1.93. The molecule has 3 heterocycles. The fraction of sp³-hybridized carbons (Fsp3) is 0.250. The van der Waals surface area contributed by atoms with E-state index < -0.39 is 0 Å². The van der Waals surface area contributed by atoms with Crippen molar-refractivity contribution in [3.63, 3.8) is 0 Å². The van der Waals surface area contributed by atoms with Gasteiger partial charge in [-0.05, 0) is 30.0 Å². The summed E-state index contributed by atoms with van der Waals surface area (Å²) in [5, 5.41) is 10.8. The van der Waals surface area contributed by atoms with E-state index in [0.717, 1.165) is 27.3 Å². The number of hydrogen-bond acceptors (Lipinski definition) is 5. The van der Waals surface area contributed by atoms with Crippen molar-refractivity contribution < 1.29 is 0 Å². The van der Waals surface area contributed by atoms with Crippen molar-refractivity contribution >= 4 is 39.0 Å². The van der Waals surface area contributed by atoms with E-state index in [0.29, 0.717) is 6.54 Å². The molecule has 0 spiro atoms. The Hall–Kier alpha value is -1.66. The first-order valence-corrected chi connectivity index (χ1v) is 7.03. The highest BCUT2D eigenvalue weighted by Crippen LogP contribution is 2.26. The maximum absolute atomic E-state index is 5.93. The average Bonchev–Trinajstić information content (AvgIpc) is 2.96. The van der Waals surface area contributed by atoms with Gasteiger partial charge in [0.1, 0.15) is 10.6 Å². The van der Waals surface area contributed by atoms with Crippen LogP contribution >= 0.6 is 22.9 Å². The van der Waals surface area contributed by atoms with Gasteiger partial charge < -0.3 is 5.32 Å². The molecule has 0 radical (unpaired) electrons. The third-order valence-corrected chi connectivity index (χ3v) is 4.06. The highest BCUT2D eigenvalue weighted by molar-refractivity contribution is 7.16. The van der Waals surface area contributed by atoms with Gasteiger partial charge in [-0.15, -0.1) is 11.3 Å². The number of rotatable bonds is 3. The van der Waals surface area contributed by atoms with Crippen LogP contribution in [0.3, 0.4) is 0 Å². The molecule has 1 N–H and O–H groups in total. The van der Waals surface area contributed by atoms with E-state index >= 15 is 0 Å². The first-order chi connectivity index (χ1) is 9.15. The number of thiophene rings is 1. The minimum absolute atomic E-state index is 0.264. The van der Waals surface area contributed by atoms with Gasteiger partial charge in [0.15, 0.2) is 0 Å². The molecule has 0 fully saturated rings. The normalized spacial score (nSPS) is 11.1. The van der Waals surface area contributed by atoms with E-state index in [9.17, 15) is 0 Å². The van der Waals surface area contributed by atoms with Crippen LogP contribution in [0.5, 0.6) is 0 Å². The average molecular weight is 294 g/mol. The Morgan fingerprint density at radius 1 is 1.42 bits per heavy atom.